The van der Waals surface area contributed by atoms with Gasteiger partial charge in [-0.1, -0.05) is 48.5 Å². The van der Waals surface area contributed by atoms with Gasteiger partial charge < -0.3 is 5.32 Å². The molecule has 1 aromatic heterocycles. The van der Waals surface area contributed by atoms with E-state index < -0.39 is 0 Å². The average molecular weight is 402 g/mol. The molecular formula is C24H19FN2OS. The van der Waals surface area contributed by atoms with Gasteiger partial charge in [0, 0.05) is 22.2 Å². The van der Waals surface area contributed by atoms with Crippen molar-refractivity contribution in [2.75, 3.05) is 5.32 Å². The second-order valence-corrected chi connectivity index (χ2v) is 7.64. The van der Waals surface area contributed by atoms with E-state index in [4.69, 9.17) is 4.98 Å². The van der Waals surface area contributed by atoms with Gasteiger partial charge in [-0.05, 0) is 42.3 Å². The molecule has 144 valence electrons. The van der Waals surface area contributed by atoms with Crippen molar-refractivity contribution >= 4 is 22.9 Å². The lowest BCUT2D eigenvalue weighted by molar-refractivity contribution is -0.115. The lowest BCUT2D eigenvalue weighted by Crippen LogP contribution is -2.14. The van der Waals surface area contributed by atoms with Gasteiger partial charge in [0.1, 0.15) is 10.8 Å². The van der Waals surface area contributed by atoms with Crippen LogP contribution in [0.2, 0.25) is 0 Å². The summed E-state index contributed by atoms with van der Waals surface area (Å²) in [5.41, 5.74) is 5.75. The molecule has 1 amide bonds. The van der Waals surface area contributed by atoms with Gasteiger partial charge in [-0.15, -0.1) is 11.3 Å². The van der Waals surface area contributed by atoms with E-state index in [1.807, 2.05) is 41.8 Å². The highest BCUT2D eigenvalue weighted by Gasteiger charge is 2.09. The summed E-state index contributed by atoms with van der Waals surface area (Å²) >= 11 is 1.62. The van der Waals surface area contributed by atoms with Crippen molar-refractivity contribution in [1.29, 1.82) is 0 Å². The summed E-state index contributed by atoms with van der Waals surface area (Å²) in [5, 5.41) is 5.91. The largest absolute Gasteiger partial charge is 0.326 e. The Morgan fingerprint density at radius 2 is 1.72 bits per heavy atom. The van der Waals surface area contributed by atoms with Crippen LogP contribution in [0.4, 0.5) is 10.1 Å². The Morgan fingerprint density at radius 3 is 2.45 bits per heavy atom. The fourth-order valence-corrected chi connectivity index (χ4v) is 3.98. The van der Waals surface area contributed by atoms with E-state index in [1.54, 1.807) is 23.5 Å². The molecule has 3 nitrogen and oxygen atoms in total. The Labute approximate surface area is 172 Å². The van der Waals surface area contributed by atoms with Crippen molar-refractivity contribution < 1.29 is 9.18 Å². The van der Waals surface area contributed by atoms with Crippen molar-refractivity contribution in [3.05, 3.63) is 95.1 Å². The van der Waals surface area contributed by atoms with Gasteiger partial charge in [-0.3, -0.25) is 4.79 Å². The van der Waals surface area contributed by atoms with Crippen molar-refractivity contribution in [2.24, 2.45) is 0 Å². The number of hydrogen-bond acceptors (Lipinski definition) is 3. The van der Waals surface area contributed by atoms with Crippen LogP contribution in [-0.4, -0.2) is 10.9 Å². The third-order valence-corrected chi connectivity index (χ3v) is 5.50. The average Bonchev–Trinajstić information content (AvgIpc) is 3.20. The Balaban J connectivity index is 1.43. The first-order chi connectivity index (χ1) is 14.1. The van der Waals surface area contributed by atoms with Gasteiger partial charge in [-0.2, -0.15) is 0 Å². The molecule has 0 radical (unpaired) electrons. The molecule has 29 heavy (non-hydrogen) atoms. The molecule has 1 N–H and O–H groups in total. The summed E-state index contributed by atoms with van der Waals surface area (Å²) in [6.07, 6.45) is 0.202. The first kappa shape index (κ1) is 19.0. The molecule has 0 fully saturated rings. The molecule has 4 rings (SSSR count). The maximum Gasteiger partial charge on any atom is 0.228 e. The molecule has 5 heteroatoms. The van der Waals surface area contributed by atoms with E-state index in [9.17, 15) is 9.18 Å². The molecule has 0 aliphatic heterocycles. The molecule has 1 heterocycles. The maximum absolute atomic E-state index is 13.0. The number of nitrogens with one attached hydrogen (secondary N) is 1. The third-order valence-electron chi connectivity index (χ3n) is 4.62. The van der Waals surface area contributed by atoms with Crippen LogP contribution in [0.1, 0.15) is 11.1 Å². The highest BCUT2D eigenvalue weighted by molar-refractivity contribution is 7.13. The van der Waals surface area contributed by atoms with Crippen LogP contribution in [-0.2, 0) is 11.2 Å². The monoisotopic (exact) mass is 402 g/mol. The number of hydrogen-bond donors (Lipinski definition) is 1. The predicted molar refractivity (Wildman–Crippen MR) is 116 cm³/mol. The van der Waals surface area contributed by atoms with Gasteiger partial charge in [-0.25, -0.2) is 9.37 Å². The number of amides is 1. The number of nitrogens with zero attached hydrogens (tertiary/aromatic N) is 1. The summed E-state index contributed by atoms with van der Waals surface area (Å²) in [7, 11) is 0. The van der Waals surface area contributed by atoms with Crippen LogP contribution in [0, 0.1) is 12.7 Å². The number of rotatable bonds is 5. The Hall–Kier alpha value is -3.31. The number of anilines is 1. The first-order valence-corrected chi connectivity index (χ1v) is 10.1. The molecule has 0 atom stereocenters. The number of aryl methyl sites for hydroxylation is 1. The second-order valence-electron chi connectivity index (χ2n) is 6.78. The lowest BCUT2D eigenvalue weighted by Gasteiger charge is -2.06. The fraction of sp³-hybridized carbons (Fsp3) is 0.0833. The molecule has 0 bridgehead atoms. The van der Waals surface area contributed by atoms with Crippen molar-refractivity contribution in [3.8, 4) is 21.8 Å². The number of halogens is 1. The molecule has 0 unspecified atom stereocenters. The number of carbonyl (C=O) groups excluding carboxylic acids is 1. The summed E-state index contributed by atoms with van der Waals surface area (Å²) in [6, 6.07) is 21.8. The highest BCUT2D eigenvalue weighted by Crippen LogP contribution is 2.31. The fourth-order valence-electron chi connectivity index (χ4n) is 3.06. The molecular weight excluding hydrogens is 383 g/mol. The highest BCUT2D eigenvalue weighted by atomic mass is 32.1. The molecule has 0 saturated heterocycles. The van der Waals surface area contributed by atoms with E-state index in [-0.39, 0.29) is 18.1 Å². The Morgan fingerprint density at radius 1 is 1.00 bits per heavy atom. The number of thiazole rings is 1. The summed E-state index contributed by atoms with van der Waals surface area (Å²) < 4.78 is 13.0. The van der Waals surface area contributed by atoms with E-state index in [0.29, 0.717) is 0 Å². The van der Waals surface area contributed by atoms with E-state index in [1.165, 1.54) is 17.7 Å². The third kappa shape index (κ3) is 4.58. The molecule has 0 aliphatic carbocycles. The van der Waals surface area contributed by atoms with Crippen molar-refractivity contribution in [3.63, 3.8) is 0 Å². The topological polar surface area (TPSA) is 42.0 Å². The van der Waals surface area contributed by atoms with E-state index in [0.717, 1.165) is 33.1 Å². The van der Waals surface area contributed by atoms with Crippen LogP contribution < -0.4 is 5.32 Å². The standard InChI is InChI=1S/C24H19FN2OS/c1-16-4-2-3-5-21(16)24-27-22(15-29-24)18-8-12-20(13-9-18)26-23(28)14-17-6-10-19(25)11-7-17/h2-13,15H,14H2,1H3,(H,26,28). The number of carbonyl (C=O) groups is 1. The maximum atomic E-state index is 13.0. The zero-order chi connectivity index (χ0) is 20.2. The van der Waals surface area contributed by atoms with E-state index in [2.05, 4.69) is 24.4 Å². The Kier molecular flexibility index (Phi) is 5.49. The summed E-state index contributed by atoms with van der Waals surface area (Å²) in [4.78, 5) is 17.0. The SMILES string of the molecule is Cc1ccccc1-c1nc(-c2ccc(NC(=O)Cc3ccc(F)cc3)cc2)cs1. The molecule has 0 saturated carbocycles. The van der Waals surface area contributed by atoms with Crippen LogP contribution in [0.25, 0.3) is 21.8 Å². The zero-order valence-corrected chi connectivity index (χ0v) is 16.7. The molecule has 4 aromatic rings. The number of aromatic nitrogens is 1. The van der Waals surface area contributed by atoms with E-state index >= 15 is 0 Å². The smallest absolute Gasteiger partial charge is 0.228 e. The molecule has 3 aromatic carbocycles. The Bertz CT molecular complexity index is 1130. The summed E-state index contributed by atoms with van der Waals surface area (Å²) in [6.45, 7) is 2.08. The van der Waals surface area contributed by atoms with Gasteiger partial charge in [0.2, 0.25) is 5.91 Å². The normalized spacial score (nSPS) is 10.7. The van der Waals surface area contributed by atoms with Crippen molar-refractivity contribution in [2.45, 2.75) is 13.3 Å². The van der Waals surface area contributed by atoms with Crippen LogP contribution in [0.5, 0.6) is 0 Å². The van der Waals surface area contributed by atoms with Crippen LogP contribution in [0.15, 0.2) is 78.2 Å². The zero-order valence-electron chi connectivity index (χ0n) is 15.9. The minimum absolute atomic E-state index is 0.139. The van der Waals surface area contributed by atoms with Gasteiger partial charge in [0.25, 0.3) is 0 Å². The number of benzene rings is 3. The lowest BCUT2D eigenvalue weighted by atomic mass is 10.1. The first-order valence-electron chi connectivity index (χ1n) is 9.25. The minimum Gasteiger partial charge on any atom is -0.326 e. The van der Waals surface area contributed by atoms with Gasteiger partial charge in [0.05, 0.1) is 12.1 Å². The quantitative estimate of drug-likeness (QED) is 0.438. The summed E-state index contributed by atoms with van der Waals surface area (Å²) in [5.74, 6) is -0.447. The van der Waals surface area contributed by atoms with Crippen LogP contribution in [0.3, 0.4) is 0 Å². The molecule has 0 spiro atoms. The predicted octanol–water partition coefficient (Wildman–Crippen LogP) is 6.11. The second kappa shape index (κ2) is 8.37. The minimum atomic E-state index is -0.308. The van der Waals surface area contributed by atoms with Gasteiger partial charge >= 0.3 is 0 Å². The van der Waals surface area contributed by atoms with Crippen molar-refractivity contribution in [1.82, 2.24) is 4.98 Å². The van der Waals surface area contributed by atoms with Crippen LogP contribution >= 0.6 is 11.3 Å². The molecule has 0 aliphatic rings. The van der Waals surface area contributed by atoms with Gasteiger partial charge in [0.15, 0.2) is 0 Å².